The molecular weight excluding hydrogens is 585 g/mol. The van der Waals surface area contributed by atoms with E-state index in [9.17, 15) is 0 Å². The molecule has 5 atom stereocenters. The Labute approximate surface area is 272 Å². The molecule has 2 aliphatic carbocycles. The van der Waals surface area contributed by atoms with Gasteiger partial charge in [0, 0.05) is 54.1 Å². The van der Waals surface area contributed by atoms with Crippen LogP contribution in [0.4, 0.5) is 5.69 Å². The van der Waals surface area contributed by atoms with Crippen LogP contribution in [0.3, 0.4) is 0 Å². The standard InChI is InChI=1S/C41H32N2S2/c1-2-10-29-28(9-1)31-12-4-7-15-38(31)45-41-22-37-34(21-35(29)41)30-11-3-6-14-36(30)43(37)27-19-26(23-42-24-27)25-17-18-33-32-13-5-8-16-39(32)44-40(33)20-25/h1-6,8-14,16-23,27,30-31,36,38H,7,15,24H2. The fourth-order valence-corrected chi connectivity index (χ4v) is 10.9. The van der Waals surface area contributed by atoms with E-state index in [-0.39, 0.29) is 6.04 Å². The largest absolute Gasteiger partial charge is 0.356 e. The average Bonchev–Trinajstić information content (AvgIpc) is 3.58. The highest BCUT2D eigenvalue weighted by atomic mass is 32.2. The zero-order valence-electron chi connectivity index (χ0n) is 24.8. The topological polar surface area (TPSA) is 15.6 Å². The van der Waals surface area contributed by atoms with Crippen molar-refractivity contribution in [2.75, 3.05) is 11.4 Å². The van der Waals surface area contributed by atoms with E-state index in [2.05, 4.69) is 144 Å². The van der Waals surface area contributed by atoms with Gasteiger partial charge in [0.2, 0.25) is 0 Å². The van der Waals surface area contributed by atoms with Gasteiger partial charge in [0.15, 0.2) is 0 Å². The lowest BCUT2D eigenvalue weighted by Gasteiger charge is -2.35. The van der Waals surface area contributed by atoms with E-state index in [0.717, 1.165) is 6.54 Å². The second kappa shape index (κ2) is 10.2. The third-order valence-electron chi connectivity index (χ3n) is 10.4. The number of allylic oxidation sites excluding steroid dienone is 5. The van der Waals surface area contributed by atoms with Crippen LogP contribution in [0, 0.1) is 0 Å². The predicted octanol–water partition coefficient (Wildman–Crippen LogP) is 10.6. The van der Waals surface area contributed by atoms with Gasteiger partial charge in [-0.25, -0.2) is 0 Å². The van der Waals surface area contributed by atoms with E-state index < -0.39 is 0 Å². The molecule has 0 spiro atoms. The number of rotatable bonds is 2. The van der Waals surface area contributed by atoms with Gasteiger partial charge < -0.3 is 4.90 Å². The number of anilines is 1. The molecule has 0 radical (unpaired) electrons. The molecule has 4 aromatic carbocycles. The summed E-state index contributed by atoms with van der Waals surface area (Å²) in [5.41, 5.74) is 9.62. The number of dihydropyridines is 1. The lowest BCUT2D eigenvalue weighted by Crippen LogP contribution is -2.43. The first-order chi connectivity index (χ1) is 22.3. The van der Waals surface area contributed by atoms with Gasteiger partial charge >= 0.3 is 0 Å². The number of thiophene rings is 1. The van der Waals surface area contributed by atoms with E-state index in [1.807, 2.05) is 11.3 Å². The normalized spacial score (nSPS) is 25.8. The van der Waals surface area contributed by atoms with Gasteiger partial charge in [0.25, 0.3) is 0 Å². The predicted molar refractivity (Wildman–Crippen MR) is 194 cm³/mol. The average molecular weight is 617 g/mol. The van der Waals surface area contributed by atoms with E-state index in [1.54, 1.807) is 0 Å². The number of aliphatic imine (C=N–C) groups is 1. The minimum absolute atomic E-state index is 0.194. The summed E-state index contributed by atoms with van der Waals surface area (Å²) in [6.07, 6.45) is 21.1. The van der Waals surface area contributed by atoms with E-state index in [0.29, 0.717) is 23.1 Å². The van der Waals surface area contributed by atoms with Gasteiger partial charge in [0.1, 0.15) is 0 Å². The highest BCUT2D eigenvalue weighted by Crippen LogP contribution is 2.54. The number of fused-ring (bicyclic) bond motifs is 11. The molecule has 5 aromatic rings. The number of hydrogen-bond donors (Lipinski definition) is 0. The molecule has 0 N–H and O–H groups in total. The maximum Gasteiger partial charge on any atom is 0.0684 e. The molecule has 0 saturated heterocycles. The summed E-state index contributed by atoms with van der Waals surface area (Å²) in [6.45, 7) is 0.775. The van der Waals surface area contributed by atoms with Crippen molar-refractivity contribution in [2.45, 2.75) is 46.9 Å². The van der Waals surface area contributed by atoms with Crippen LogP contribution >= 0.6 is 23.1 Å². The first kappa shape index (κ1) is 26.1. The molecule has 45 heavy (non-hydrogen) atoms. The smallest absolute Gasteiger partial charge is 0.0684 e. The number of benzene rings is 4. The molecule has 0 bridgehead atoms. The molecule has 4 heterocycles. The lowest BCUT2D eigenvalue weighted by molar-refractivity contribution is 0.617. The third kappa shape index (κ3) is 4.05. The summed E-state index contributed by atoms with van der Waals surface area (Å²) >= 11 is 3.99. The van der Waals surface area contributed by atoms with Crippen LogP contribution in [0.5, 0.6) is 0 Å². The quantitative estimate of drug-likeness (QED) is 0.183. The molecule has 4 heteroatoms. The lowest BCUT2D eigenvalue weighted by atomic mass is 9.83. The number of thioether (sulfide) groups is 1. The number of nitrogens with zero attached hydrogens (tertiary/aromatic N) is 2. The molecule has 0 saturated carbocycles. The maximum atomic E-state index is 4.99. The summed E-state index contributed by atoms with van der Waals surface area (Å²) in [7, 11) is 0. The Morgan fingerprint density at radius 3 is 2.64 bits per heavy atom. The molecule has 3 aliphatic heterocycles. The fourth-order valence-electron chi connectivity index (χ4n) is 8.34. The van der Waals surface area contributed by atoms with Crippen molar-refractivity contribution in [3.8, 4) is 11.1 Å². The van der Waals surface area contributed by atoms with Gasteiger partial charge in [-0.2, -0.15) is 0 Å². The van der Waals surface area contributed by atoms with Crippen molar-refractivity contribution in [1.82, 2.24) is 0 Å². The van der Waals surface area contributed by atoms with Crippen LogP contribution in [0.15, 0.2) is 131 Å². The summed E-state index contributed by atoms with van der Waals surface area (Å²) in [5.74, 6) is 0.815. The Morgan fingerprint density at radius 1 is 0.756 bits per heavy atom. The highest BCUT2D eigenvalue weighted by Gasteiger charge is 2.42. The Balaban J connectivity index is 1.09. The van der Waals surface area contributed by atoms with E-state index in [1.165, 1.54) is 77.0 Å². The zero-order chi connectivity index (χ0) is 29.5. The molecule has 0 amide bonds. The molecule has 5 aliphatic rings. The first-order valence-electron chi connectivity index (χ1n) is 16.2. The van der Waals surface area contributed by atoms with Crippen molar-refractivity contribution >= 4 is 60.7 Å². The summed E-state index contributed by atoms with van der Waals surface area (Å²) < 4.78 is 2.69. The Hall–Kier alpha value is -4.12. The van der Waals surface area contributed by atoms with Gasteiger partial charge in [-0.3, -0.25) is 4.99 Å². The minimum Gasteiger partial charge on any atom is -0.356 e. The van der Waals surface area contributed by atoms with Crippen LogP contribution in [0.1, 0.15) is 41.4 Å². The van der Waals surface area contributed by atoms with Crippen molar-refractivity contribution in [3.63, 3.8) is 0 Å². The zero-order valence-corrected chi connectivity index (χ0v) is 26.5. The Bertz CT molecular complexity index is 2180. The van der Waals surface area contributed by atoms with Crippen molar-refractivity contribution in [1.29, 1.82) is 0 Å². The van der Waals surface area contributed by atoms with Crippen LogP contribution in [-0.2, 0) is 0 Å². The minimum atomic E-state index is 0.194. The van der Waals surface area contributed by atoms with Crippen LogP contribution in [-0.4, -0.2) is 30.1 Å². The third-order valence-corrected chi connectivity index (χ3v) is 13.0. The SMILES string of the molecule is C1=CC2c3cc4c(cc3N(C3C=C(c5ccc6c(c5)sc5ccccc56)C=NC3)C2C=C1)SC1CCC=CC1c1ccccc1-4. The monoisotopic (exact) mass is 616 g/mol. The summed E-state index contributed by atoms with van der Waals surface area (Å²) in [5, 5.41) is 3.26. The second-order valence-electron chi connectivity index (χ2n) is 12.9. The van der Waals surface area contributed by atoms with E-state index >= 15 is 0 Å². The van der Waals surface area contributed by atoms with Gasteiger partial charge in [0.05, 0.1) is 18.6 Å². The second-order valence-corrected chi connectivity index (χ2v) is 15.2. The molecule has 0 fully saturated rings. The molecule has 5 unspecified atom stereocenters. The van der Waals surface area contributed by atoms with Gasteiger partial charge in [-0.15, -0.1) is 23.1 Å². The molecule has 2 nitrogen and oxygen atoms in total. The molecular formula is C41H32N2S2. The molecule has 218 valence electrons. The first-order valence-corrected chi connectivity index (χ1v) is 17.9. The summed E-state index contributed by atoms with van der Waals surface area (Å²) in [6, 6.07) is 30.4. The van der Waals surface area contributed by atoms with Crippen molar-refractivity contribution in [3.05, 3.63) is 138 Å². The Morgan fingerprint density at radius 2 is 1.64 bits per heavy atom. The molecule has 10 rings (SSSR count). The highest BCUT2D eigenvalue weighted by molar-refractivity contribution is 8.00. The maximum absolute atomic E-state index is 4.99. The van der Waals surface area contributed by atoms with E-state index in [4.69, 9.17) is 4.99 Å². The fraction of sp³-hybridized carbons (Fsp3) is 0.195. The van der Waals surface area contributed by atoms with Crippen LogP contribution in [0.2, 0.25) is 0 Å². The van der Waals surface area contributed by atoms with Gasteiger partial charge in [-0.1, -0.05) is 97.1 Å². The van der Waals surface area contributed by atoms with Crippen molar-refractivity contribution in [2.24, 2.45) is 4.99 Å². The van der Waals surface area contributed by atoms with Gasteiger partial charge in [-0.05, 0) is 70.5 Å². The summed E-state index contributed by atoms with van der Waals surface area (Å²) in [4.78, 5) is 9.11. The molecule has 1 aromatic heterocycles. The van der Waals surface area contributed by atoms with Crippen molar-refractivity contribution < 1.29 is 0 Å². The van der Waals surface area contributed by atoms with Crippen LogP contribution in [0.25, 0.3) is 36.9 Å². The van der Waals surface area contributed by atoms with Crippen LogP contribution < -0.4 is 4.90 Å². The Kier molecular flexibility index (Phi) is 5.92. The number of hydrogen-bond acceptors (Lipinski definition) is 4.